The Morgan fingerprint density at radius 2 is 0.730 bits per heavy atom. The first-order chi connectivity index (χ1) is 18.3. The number of fused-ring (bicyclic) bond motifs is 6. The van der Waals surface area contributed by atoms with E-state index in [1.54, 1.807) is 0 Å². The van der Waals surface area contributed by atoms with Crippen LogP contribution in [0, 0.1) is 0 Å². The van der Waals surface area contributed by atoms with Crippen LogP contribution in [0.2, 0.25) is 0 Å². The standard InChI is InChI=1S/C36H23N/c1-3-9-24(10-4-1)26-13-7-14-27(21-26)29-18-20-35-33(23-29)31-16-8-15-30-32-22-28(25-11-5-2-6-12-25)17-19-34(32)37(35)36(30)31/h1-23H. The van der Waals surface area contributed by atoms with Gasteiger partial charge in [0, 0.05) is 21.5 Å². The largest absolute Gasteiger partial charge is 0.308 e. The molecule has 8 rings (SSSR count). The van der Waals surface area contributed by atoms with Crippen molar-refractivity contribution >= 4 is 38.1 Å². The van der Waals surface area contributed by atoms with Crippen LogP contribution in [0.25, 0.3) is 71.5 Å². The van der Waals surface area contributed by atoms with Crippen molar-refractivity contribution in [1.29, 1.82) is 0 Å². The van der Waals surface area contributed by atoms with E-state index in [0.717, 1.165) is 0 Å². The smallest absolute Gasteiger partial charge is 0.0620 e. The Kier molecular flexibility index (Phi) is 4.29. The van der Waals surface area contributed by atoms with E-state index in [4.69, 9.17) is 0 Å². The van der Waals surface area contributed by atoms with E-state index in [1.807, 2.05) is 0 Å². The molecule has 0 aliphatic rings. The maximum Gasteiger partial charge on any atom is 0.0620 e. The summed E-state index contributed by atoms with van der Waals surface area (Å²) in [6.07, 6.45) is 0. The van der Waals surface area contributed by atoms with Crippen LogP contribution < -0.4 is 0 Å². The van der Waals surface area contributed by atoms with Crippen LogP contribution in [0.15, 0.2) is 140 Å². The first-order valence-corrected chi connectivity index (χ1v) is 12.8. The topological polar surface area (TPSA) is 4.41 Å². The zero-order valence-corrected chi connectivity index (χ0v) is 20.2. The highest BCUT2D eigenvalue weighted by Gasteiger charge is 2.18. The van der Waals surface area contributed by atoms with E-state index in [1.165, 1.54) is 71.5 Å². The molecule has 0 unspecified atom stereocenters. The van der Waals surface area contributed by atoms with Crippen LogP contribution in [0.5, 0.6) is 0 Å². The minimum absolute atomic E-state index is 1.24. The Hall–Kier alpha value is -4.88. The number of para-hydroxylation sites is 1. The Morgan fingerprint density at radius 3 is 1.30 bits per heavy atom. The molecule has 0 atom stereocenters. The molecule has 0 amide bonds. The fourth-order valence-corrected chi connectivity index (χ4v) is 5.98. The molecule has 0 aliphatic carbocycles. The first kappa shape index (κ1) is 20.3. The molecule has 0 spiro atoms. The van der Waals surface area contributed by atoms with Crippen molar-refractivity contribution in [2.24, 2.45) is 0 Å². The van der Waals surface area contributed by atoms with Crippen molar-refractivity contribution < 1.29 is 0 Å². The van der Waals surface area contributed by atoms with E-state index in [9.17, 15) is 0 Å². The third-order valence-corrected chi connectivity index (χ3v) is 7.73. The lowest BCUT2D eigenvalue weighted by Gasteiger charge is -2.07. The monoisotopic (exact) mass is 469 g/mol. The van der Waals surface area contributed by atoms with Gasteiger partial charge in [-0.3, -0.25) is 0 Å². The third-order valence-electron chi connectivity index (χ3n) is 7.73. The molecular weight excluding hydrogens is 446 g/mol. The maximum atomic E-state index is 2.45. The summed E-state index contributed by atoms with van der Waals surface area (Å²) in [4.78, 5) is 0. The highest BCUT2D eigenvalue weighted by molar-refractivity contribution is 6.24. The number of benzene rings is 6. The van der Waals surface area contributed by atoms with Gasteiger partial charge in [0.05, 0.1) is 16.6 Å². The SMILES string of the molecule is c1ccc(-c2cccc(-c3ccc4c(c3)c3cccc5c6cc(-c7ccccc7)ccc6n4c53)c2)cc1. The minimum Gasteiger partial charge on any atom is -0.308 e. The van der Waals surface area contributed by atoms with Crippen LogP contribution in [0.3, 0.4) is 0 Å². The quantitative estimate of drug-likeness (QED) is 0.242. The van der Waals surface area contributed by atoms with Crippen molar-refractivity contribution in [3.8, 4) is 33.4 Å². The van der Waals surface area contributed by atoms with Gasteiger partial charge in [0.15, 0.2) is 0 Å². The van der Waals surface area contributed by atoms with Gasteiger partial charge >= 0.3 is 0 Å². The van der Waals surface area contributed by atoms with Gasteiger partial charge < -0.3 is 4.40 Å². The van der Waals surface area contributed by atoms with Gasteiger partial charge in [0.25, 0.3) is 0 Å². The van der Waals surface area contributed by atoms with Crippen molar-refractivity contribution in [2.45, 2.75) is 0 Å². The van der Waals surface area contributed by atoms with Gasteiger partial charge in [-0.2, -0.15) is 0 Å². The molecule has 2 aromatic heterocycles. The van der Waals surface area contributed by atoms with Crippen molar-refractivity contribution in [3.05, 3.63) is 140 Å². The zero-order chi connectivity index (χ0) is 24.3. The predicted molar refractivity (Wildman–Crippen MR) is 157 cm³/mol. The van der Waals surface area contributed by atoms with Crippen LogP contribution in [-0.2, 0) is 0 Å². The molecule has 0 saturated carbocycles. The number of hydrogen-bond acceptors (Lipinski definition) is 0. The normalized spacial score (nSPS) is 11.8. The van der Waals surface area contributed by atoms with Crippen LogP contribution >= 0.6 is 0 Å². The Morgan fingerprint density at radius 1 is 0.297 bits per heavy atom. The molecule has 37 heavy (non-hydrogen) atoms. The molecule has 172 valence electrons. The van der Waals surface area contributed by atoms with E-state index >= 15 is 0 Å². The third kappa shape index (κ3) is 3.04. The van der Waals surface area contributed by atoms with E-state index in [0.29, 0.717) is 0 Å². The highest BCUT2D eigenvalue weighted by Crippen LogP contribution is 2.41. The van der Waals surface area contributed by atoms with E-state index < -0.39 is 0 Å². The second kappa shape index (κ2) is 7.81. The fraction of sp³-hybridized carbons (Fsp3) is 0. The summed E-state index contributed by atoms with van der Waals surface area (Å²) in [5.41, 5.74) is 11.3. The van der Waals surface area contributed by atoms with Gasteiger partial charge in [-0.25, -0.2) is 0 Å². The van der Waals surface area contributed by atoms with Crippen molar-refractivity contribution in [2.75, 3.05) is 0 Å². The number of rotatable bonds is 3. The molecule has 0 fully saturated rings. The molecule has 0 radical (unpaired) electrons. The lowest BCUT2D eigenvalue weighted by Crippen LogP contribution is -1.84. The molecule has 8 aromatic rings. The average Bonchev–Trinajstić information content (AvgIpc) is 3.49. The van der Waals surface area contributed by atoms with Crippen molar-refractivity contribution in [3.63, 3.8) is 0 Å². The summed E-state index contributed by atoms with van der Waals surface area (Å²) in [5.74, 6) is 0. The molecule has 1 nitrogen and oxygen atoms in total. The van der Waals surface area contributed by atoms with E-state index in [-0.39, 0.29) is 0 Å². The van der Waals surface area contributed by atoms with Gasteiger partial charge in [-0.15, -0.1) is 0 Å². The second-order valence-corrected chi connectivity index (χ2v) is 9.81. The number of aromatic nitrogens is 1. The highest BCUT2D eigenvalue weighted by atomic mass is 14.9. The molecule has 0 aliphatic heterocycles. The summed E-state index contributed by atoms with van der Waals surface area (Å²) in [6, 6.07) is 50.7. The van der Waals surface area contributed by atoms with Crippen molar-refractivity contribution in [1.82, 2.24) is 4.40 Å². The summed E-state index contributed by atoms with van der Waals surface area (Å²) in [6.45, 7) is 0. The summed E-state index contributed by atoms with van der Waals surface area (Å²) in [5, 5.41) is 5.24. The molecule has 0 N–H and O–H groups in total. The molecule has 0 bridgehead atoms. The minimum atomic E-state index is 1.24. The summed E-state index contributed by atoms with van der Waals surface area (Å²) >= 11 is 0. The van der Waals surface area contributed by atoms with Gasteiger partial charge in [0.1, 0.15) is 0 Å². The summed E-state index contributed by atoms with van der Waals surface area (Å²) in [7, 11) is 0. The lowest BCUT2D eigenvalue weighted by molar-refractivity contribution is 1.37. The fourth-order valence-electron chi connectivity index (χ4n) is 5.98. The first-order valence-electron chi connectivity index (χ1n) is 12.8. The average molecular weight is 470 g/mol. The van der Waals surface area contributed by atoms with E-state index in [2.05, 4.69) is 144 Å². The van der Waals surface area contributed by atoms with Crippen LogP contribution in [0.4, 0.5) is 0 Å². The number of hydrogen-bond donors (Lipinski definition) is 0. The Balaban J connectivity index is 1.34. The molecule has 6 aromatic carbocycles. The van der Waals surface area contributed by atoms with Gasteiger partial charge in [-0.05, 0) is 63.7 Å². The Bertz CT molecular complexity index is 2060. The maximum absolute atomic E-state index is 2.45. The lowest BCUT2D eigenvalue weighted by atomic mass is 9.97. The van der Waals surface area contributed by atoms with Crippen LogP contribution in [0.1, 0.15) is 0 Å². The molecule has 1 heteroatoms. The van der Waals surface area contributed by atoms with Gasteiger partial charge in [-0.1, -0.05) is 109 Å². The number of nitrogens with zero attached hydrogens (tertiary/aromatic N) is 1. The zero-order valence-electron chi connectivity index (χ0n) is 20.2. The molecular formula is C36H23N. The van der Waals surface area contributed by atoms with Gasteiger partial charge in [0.2, 0.25) is 0 Å². The van der Waals surface area contributed by atoms with Crippen LogP contribution in [-0.4, -0.2) is 4.40 Å². The Labute approximate surface area is 215 Å². The molecule has 0 saturated heterocycles. The summed E-state index contributed by atoms with van der Waals surface area (Å²) < 4.78 is 2.45. The second-order valence-electron chi connectivity index (χ2n) is 9.81. The molecule has 2 heterocycles. The predicted octanol–water partition coefficient (Wildman–Crippen LogP) is 9.84.